The number of ether oxygens (including phenoxy) is 11. The van der Waals surface area contributed by atoms with Gasteiger partial charge in [-0.15, -0.1) is 0 Å². The van der Waals surface area contributed by atoms with E-state index in [1.165, 1.54) is 0 Å². The molecule has 0 aromatic rings. The van der Waals surface area contributed by atoms with Gasteiger partial charge in [-0.1, -0.05) is 0 Å². The molecule has 264 valence electrons. The summed E-state index contributed by atoms with van der Waals surface area (Å²) in [5, 5.41) is 0. The zero-order chi connectivity index (χ0) is 35.6. The summed E-state index contributed by atoms with van der Waals surface area (Å²) in [5.74, 6) is -6.93. The van der Waals surface area contributed by atoms with Gasteiger partial charge >= 0.3 is 47.8 Å². The van der Waals surface area contributed by atoms with Crippen molar-refractivity contribution in [3.8, 4) is 0 Å². The van der Waals surface area contributed by atoms with Crippen LogP contribution in [0, 0.1) is 0 Å². The predicted octanol–water partition coefficient (Wildman–Crippen LogP) is -0.831. The number of esters is 8. The zero-order valence-electron chi connectivity index (χ0n) is 26.9. The minimum atomic E-state index is -1.71. The topological polar surface area (TPSA) is 238 Å². The van der Waals surface area contributed by atoms with Crippen molar-refractivity contribution in [2.75, 3.05) is 13.2 Å². The van der Waals surface area contributed by atoms with Gasteiger partial charge in [-0.2, -0.15) is 0 Å². The smallest absolute Gasteiger partial charge is 0.305 e. The van der Waals surface area contributed by atoms with E-state index < -0.39 is 122 Å². The van der Waals surface area contributed by atoms with Gasteiger partial charge in [0.15, 0.2) is 36.8 Å². The van der Waals surface area contributed by atoms with Crippen LogP contribution in [0.1, 0.15) is 55.4 Å². The van der Waals surface area contributed by atoms with E-state index in [0.717, 1.165) is 55.4 Å². The van der Waals surface area contributed by atoms with Crippen LogP contribution in [-0.2, 0) is 90.5 Å². The Kier molecular flexibility index (Phi) is 14.5. The third-order valence-electron chi connectivity index (χ3n) is 6.15. The van der Waals surface area contributed by atoms with Gasteiger partial charge in [0.1, 0.15) is 18.8 Å². The van der Waals surface area contributed by atoms with Crippen molar-refractivity contribution in [1.29, 1.82) is 0 Å². The minimum Gasteiger partial charge on any atom is -0.463 e. The molecule has 0 bridgehead atoms. The summed E-state index contributed by atoms with van der Waals surface area (Å²) in [7, 11) is 0. The molecule has 2 saturated heterocycles. The molecule has 8 unspecified atom stereocenters. The SMILES string of the molecule is CC(=O)OCC1OC(OCC2OC(OC(C)=O)C(OC(C)=O)[C@@H](OC(C)=O)C2OC(C)=O)C(OC(C)=O)[C@@H](OC(C)=O)C1OC(C)=O. The monoisotopic (exact) mass is 678 g/mol. The number of rotatable bonds is 12. The van der Waals surface area contributed by atoms with Gasteiger partial charge in [0.05, 0.1) is 6.61 Å². The van der Waals surface area contributed by atoms with Gasteiger partial charge in [0.25, 0.3) is 0 Å². The Morgan fingerprint density at radius 2 is 0.702 bits per heavy atom. The molecule has 0 aliphatic carbocycles. The molecule has 2 fully saturated rings. The van der Waals surface area contributed by atoms with Crippen molar-refractivity contribution >= 4 is 47.8 Å². The van der Waals surface area contributed by atoms with Gasteiger partial charge in [0, 0.05) is 55.4 Å². The second-order valence-electron chi connectivity index (χ2n) is 10.3. The molecule has 2 rings (SSSR count). The first-order valence-electron chi connectivity index (χ1n) is 14.2. The third-order valence-corrected chi connectivity index (χ3v) is 6.15. The molecule has 0 amide bonds. The second kappa shape index (κ2) is 17.5. The standard InChI is InChI=1S/C28H38O19/c1-11(29)37-9-19-21(39-12(2)30)23(41-14(4)32)25(43-16(6)34)27(46-19)38-10-20-22(40-13(3)31)24(42-15(5)33)26(44-17(7)35)28(47-20)45-18(8)36/h19-28H,9-10H2,1-8H3/t19?,20?,21?,22?,23-,24-,25?,26?,27?,28?/m0/s1. The van der Waals surface area contributed by atoms with Crippen LogP contribution < -0.4 is 0 Å². The molecular weight excluding hydrogens is 640 g/mol. The van der Waals surface area contributed by atoms with E-state index in [-0.39, 0.29) is 0 Å². The summed E-state index contributed by atoms with van der Waals surface area (Å²) in [6.07, 6.45) is -15.6. The second-order valence-corrected chi connectivity index (χ2v) is 10.3. The fraction of sp³-hybridized carbons (Fsp3) is 0.714. The summed E-state index contributed by atoms with van der Waals surface area (Å²) in [6, 6.07) is 0. The van der Waals surface area contributed by atoms with E-state index >= 15 is 0 Å². The highest BCUT2D eigenvalue weighted by Gasteiger charge is 2.56. The Hall–Kier alpha value is -4.36. The number of carbonyl (C=O) groups is 8. The first-order valence-corrected chi connectivity index (χ1v) is 14.2. The van der Waals surface area contributed by atoms with E-state index in [4.69, 9.17) is 52.1 Å². The summed E-state index contributed by atoms with van der Waals surface area (Å²) < 4.78 is 59.8. The molecule has 0 N–H and O–H groups in total. The molecule has 0 aromatic heterocycles. The van der Waals surface area contributed by atoms with Gasteiger partial charge in [-0.05, 0) is 0 Å². The molecule has 0 aromatic carbocycles. The van der Waals surface area contributed by atoms with Crippen molar-refractivity contribution in [3.63, 3.8) is 0 Å². The molecule has 2 aliphatic heterocycles. The number of hydrogen-bond acceptors (Lipinski definition) is 19. The van der Waals surface area contributed by atoms with Crippen molar-refractivity contribution in [2.24, 2.45) is 0 Å². The minimum absolute atomic E-state index is 0.541. The summed E-state index contributed by atoms with van der Waals surface area (Å²) >= 11 is 0. The normalized spacial score (nSPS) is 30.0. The van der Waals surface area contributed by atoms with E-state index in [1.54, 1.807) is 0 Å². The summed E-state index contributed by atoms with van der Waals surface area (Å²) in [4.78, 5) is 95.9. The highest BCUT2D eigenvalue weighted by atomic mass is 16.8. The van der Waals surface area contributed by atoms with E-state index in [2.05, 4.69) is 0 Å². The molecule has 0 saturated carbocycles. The van der Waals surface area contributed by atoms with Crippen molar-refractivity contribution < 1.29 is 90.5 Å². The Bertz CT molecular complexity index is 1200. The Labute approximate surface area is 268 Å². The van der Waals surface area contributed by atoms with Crippen molar-refractivity contribution in [3.05, 3.63) is 0 Å². The maximum absolute atomic E-state index is 12.1. The van der Waals surface area contributed by atoms with Crippen LogP contribution in [0.15, 0.2) is 0 Å². The van der Waals surface area contributed by atoms with Gasteiger partial charge < -0.3 is 52.1 Å². The molecule has 0 spiro atoms. The van der Waals surface area contributed by atoms with Gasteiger partial charge in [-0.3, -0.25) is 38.4 Å². The Morgan fingerprint density at radius 1 is 0.383 bits per heavy atom. The van der Waals surface area contributed by atoms with Crippen molar-refractivity contribution in [2.45, 2.75) is 117 Å². The molecule has 10 atom stereocenters. The maximum atomic E-state index is 12.1. The van der Waals surface area contributed by atoms with Crippen LogP contribution in [-0.4, -0.2) is 122 Å². The van der Waals surface area contributed by atoms with Crippen LogP contribution in [0.4, 0.5) is 0 Å². The molecule has 0 radical (unpaired) electrons. The zero-order valence-corrected chi connectivity index (χ0v) is 26.9. The van der Waals surface area contributed by atoms with Crippen LogP contribution in [0.3, 0.4) is 0 Å². The molecule has 19 heteroatoms. The van der Waals surface area contributed by atoms with E-state index in [0.29, 0.717) is 0 Å². The summed E-state index contributed by atoms with van der Waals surface area (Å²) in [6.45, 7) is 7.09. The quantitative estimate of drug-likeness (QED) is 0.181. The lowest BCUT2D eigenvalue weighted by Gasteiger charge is -2.46. The van der Waals surface area contributed by atoms with E-state index in [9.17, 15) is 38.4 Å². The molecule has 2 heterocycles. The Balaban J connectivity index is 2.56. The van der Waals surface area contributed by atoms with Gasteiger partial charge in [-0.25, -0.2) is 0 Å². The molecule has 2 aliphatic rings. The molecular formula is C28H38O19. The average Bonchev–Trinajstić information content (AvgIpc) is 2.91. The highest BCUT2D eigenvalue weighted by Crippen LogP contribution is 2.33. The number of carbonyl (C=O) groups excluding carboxylic acids is 8. The molecule has 19 nitrogen and oxygen atoms in total. The fourth-order valence-corrected chi connectivity index (χ4v) is 4.76. The lowest BCUT2D eigenvalue weighted by molar-refractivity contribution is -0.331. The highest BCUT2D eigenvalue weighted by molar-refractivity contribution is 5.70. The average molecular weight is 679 g/mol. The first kappa shape index (κ1) is 38.8. The first-order chi connectivity index (χ1) is 21.9. The fourth-order valence-electron chi connectivity index (χ4n) is 4.76. The number of hydrogen-bond donors (Lipinski definition) is 0. The van der Waals surface area contributed by atoms with Gasteiger partial charge in [0.2, 0.25) is 12.4 Å². The lowest BCUT2D eigenvalue weighted by atomic mass is 9.97. The van der Waals surface area contributed by atoms with Crippen LogP contribution >= 0.6 is 0 Å². The van der Waals surface area contributed by atoms with Crippen LogP contribution in [0.5, 0.6) is 0 Å². The summed E-state index contributed by atoms with van der Waals surface area (Å²) in [5.41, 5.74) is 0. The third kappa shape index (κ3) is 12.1. The Morgan fingerprint density at radius 3 is 1.09 bits per heavy atom. The van der Waals surface area contributed by atoms with E-state index in [1.807, 2.05) is 0 Å². The predicted molar refractivity (Wildman–Crippen MR) is 145 cm³/mol. The molecule has 47 heavy (non-hydrogen) atoms. The van der Waals surface area contributed by atoms with Crippen molar-refractivity contribution in [1.82, 2.24) is 0 Å². The maximum Gasteiger partial charge on any atom is 0.305 e. The van der Waals surface area contributed by atoms with Crippen LogP contribution in [0.2, 0.25) is 0 Å². The van der Waals surface area contributed by atoms with Crippen LogP contribution in [0.25, 0.3) is 0 Å². The largest absolute Gasteiger partial charge is 0.463 e. The lowest BCUT2D eigenvalue weighted by Crippen LogP contribution is -2.65.